The molecule has 0 atom stereocenters. The van der Waals surface area contributed by atoms with Crippen molar-refractivity contribution in [3.05, 3.63) is 54.6 Å². The van der Waals surface area contributed by atoms with E-state index in [0.29, 0.717) is 0 Å². The fourth-order valence-corrected chi connectivity index (χ4v) is 1.90. The van der Waals surface area contributed by atoms with Crippen LogP contribution in [-0.2, 0) is 65.4 Å². The van der Waals surface area contributed by atoms with E-state index in [1.165, 1.54) is 21.5 Å². The van der Waals surface area contributed by atoms with Crippen molar-refractivity contribution >= 4 is 21.5 Å². The van der Waals surface area contributed by atoms with Crippen LogP contribution in [0.3, 0.4) is 0 Å². The van der Waals surface area contributed by atoms with Crippen LogP contribution in [0, 0.1) is 0 Å². The summed E-state index contributed by atoms with van der Waals surface area (Å²) in [5.74, 6) is 0. The summed E-state index contributed by atoms with van der Waals surface area (Å²) in [5, 5.41) is 5.39. The van der Waals surface area contributed by atoms with Crippen molar-refractivity contribution in [1.82, 2.24) is 0 Å². The van der Waals surface area contributed by atoms with Crippen LogP contribution in [0.25, 0.3) is 21.5 Å². The minimum Gasteiger partial charge on any atom is -0.126 e. The predicted molar refractivity (Wildman–Crippen MR) is 91.1 cm³/mol. The third-order valence-electron chi connectivity index (χ3n) is 2.52. The Morgan fingerprint density at radius 2 is 0.810 bits per heavy atom. The standard InChI is InChI=1S/C13H9.3C2H6.2Y/c1-3-7-12-10(5-1)9-11-6-2-4-8-13(11)12;3*1-2;;/h1-9H;3*1-2H3;;/q-1;;;;;. The minimum atomic E-state index is 0. The maximum absolute atomic E-state index is 2.24. The molecule has 0 saturated carbocycles. The molecule has 21 heavy (non-hydrogen) atoms. The van der Waals surface area contributed by atoms with Gasteiger partial charge in [-0.15, -0.1) is 39.7 Å². The summed E-state index contributed by atoms with van der Waals surface area (Å²) in [6.45, 7) is 12.0. The van der Waals surface area contributed by atoms with Crippen molar-refractivity contribution in [3.8, 4) is 0 Å². The molecule has 0 spiro atoms. The summed E-state index contributed by atoms with van der Waals surface area (Å²) >= 11 is 0. The van der Waals surface area contributed by atoms with Gasteiger partial charge in [0.05, 0.1) is 0 Å². The van der Waals surface area contributed by atoms with Gasteiger partial charge in [0.1, 0.15) is 0 Å². The van der Waals surface area contributed by atoms with Gasteiger partial charge in [0.2, 0.25) is 0 Å². The second-order valence-corrected chi connectivity index (χ2v) is 3.32. The van der Waals surface area contributed by atoms with Gasteiger partial charge in [-0.3, -0.25) is 0 Å². The zero-order valence-electron chi connectivity index (χ0n) is 14.4. The number of fused-ring (bicyclic) bond motifs is 3. The Bertz CT molecular complexity index is 517. The summed E-state index contributed by atoms with van der Waals surface area (Å²) in [7, 11) is 0. The average Bonchev–Trinajstić information content (AvgIpc) is 2.92. The first-order valence-corrected chi connectivity index (χ1v) is 7.48. The molecule has 3 aromatic carbocycles. The van der Waals surface area contributed by atoms with Crippen LogP contribution in [0.5, 0.6) is 0 Å². The maximum Gasteiger partial charge on any atom is 0 e. The number of rotatable bonds is 0. The minimum absolute atomic E-state index is 0. The Kier molecular flexibility index (Phi) is 21.2. The van der Waals surface area contributed by atoms with Gasteiger partial charge < -0.3 is 0 Å². The Morgan fingerprint density at radius 3 is 1.14 bits per heavy atom. The molecule has 2 radical (unpaired) electrons. The van der Waals surface area contributed by atoms with Gasteiger partial charge in [0.25, 0.3) is 0 Å². The van der Waals surface area contributed by atoms with Gasteiger partial charge in [-0.05, 0) is 0 Å². The molecule has 0 aromatic heterocycles. The van der Waals surface area contributed by atoms with E-state index in [1.54, 1.807) is 0 Å². The Hall–Kier alpha value is 0.518. The van der Waals surface area contributed by atoms with E-state index in [0.717, 1.165) is 0 Å². The van der Waals surface area contributed by atoms with E-state index >= 15 is 0 Å². The normalized spacial score (nSPS) is 7.71. The molecule has 0 aliphatic heterocycles. The van der Waals surface area contributed by atoms with Crippen LogP contribution in [0.1, 0.15) is 41.5 Å². The van der Waals surface area contributed by atoms with Crippen LogP contribution < -0.4 is 0 Å². The number of hydrogen-bond donors (Lipinski definition) is 0. The van der Waals surface area contributed by atoms with Gasteiger partial charge in [-0.1, -0.05) is 77.9 Å². The van der Waals surface area contributed by atoms with Gasteiger partial charge in [0, 0.05) is 65.4 Å². The topological polar surface area (TPSA) is 0 Å². The molecule has 0 nitrogen and oxygen atoms in total. The number of benzene rings is 2. The second kappa shape index (κ2) is 16.9. The molecule has 2 heteroatoms. The quantitative estimate of drug-likeness (QED) is 0.343. The van der Waals surface area contributed by atoms with E-state index in [1.807, 2.05) is 41.5 Å². The van der Waals surface area contributed by atoms with E-state index < -0.39 is 0 Å². The van der Waals surface area contributed by atoms with Gasteiger partial charge in [-0.2, -0.15) is 0 Å². The maximum atomic E-state index is 2.24. The molecular formula is C19H27Y2-. The Morgan fingerprint density at radius 1 is 0.524 bits per heavy atom. The molecule has 0 N–H and O–H groups in total. The second-order valence-electron chi connectivity index (χ2n) is 3.32. The van der Waals surface area contributed by atoms with Crippen molar-refractivity contribution in [2.24, 2.45) is 0 Å². The third-order valence-corrected chi connectivity index (χ3v) is 2.52. The first-order valence-electron chi connectivity index (χ1n) is 7.48. The van der Waals surface area contributed by atoms with E-state index in [9.17, 15) is 0 Å². The molecule has 0 unspecified atom stereocenters. The summed E-state index contributed by atoms with van der Waals surface area (Å²) < 4.78 is 0. The molecule has 3 aromatic rings. The Balaban J connectivity index is -0.000000366. The van der Waals surface area contributed by atoms with Crippen LogP contribution in [0.15, 0.2) is 54.6 Å². The van der Waals surface area contributed by atoms with E-state index in [2.05, 4.69) is 54.6 Å². The Labute approximate surface area is 181 Å². The summed E-state index contributed by atoms with van der Waals surface area (Å²) in [6, 6.07) is 19.3. The molecule has 3 rings (SSSR count). The first-order chi connectivity index (χ1) is 9.45. The van der Waals surface area contributed by atoms with Crippen LogP contribution in [0.4, 0.5) is 0 Å². The zero-order valence-corrected chi connectivity index (χ0v) is 20.0. The van der Waals surface area contributed by atoms with Crippen molar-refractivity contribution in [2.45, 2.75) is 41.5 Å². The third kappa shape index (κ3) is 7.55. The van der Waals surface area contributed by atoms with E-state index in [4.69, 9.17) is 0 Å². The predicted octanol–water partition coefficient (Wildman–Crippen LogP) is 6.79. The molecule has 0 heterocycles. The molecular weight excluding hydrogens is 406 g/mol. The van der Waals surface area contributed by atoms with Gasteiger partial charge in [-0.25, -0.2) is 0 Å². The smallest absolute Gasteiger partial charge is 0 e. The largest absolute Gasteiger partial charge is 0.126 e. The first kappa shape index (κ1) is 26.4. The monoisotopic (exact) mass is 433 g/mol. The van der Waals surface area contributed by atoms with Gasteiger partial charge in [0.15, 0.2) is 0 Å². The van der Waals surface area contributed by atoms with Crippen LogP contribution in [-0.4, -0.2) is 0 Å². The molecule has 0 aliphatic carbocycles. The van der Waals surface area contributed by atoms with E-state index in [-0.39, 0.29) is 65.4 Å². The number of hydrogen-bond acceptors (Lipinski definition) is 0. The molecule has 0 saturated heterocycles. The van der Waals surface area contributed by atoms with Crippen molar-refractivity contribution in [1.29, 1.82) is 0 Å². The van der Waals surface area contributed by atoms with Crippen molar-refractivity contribution in [2.75, 3.05) is 0 Å². The van der Waals surface area contributed by atoms with Crippen molar-refractivity contribution < 1.29 is 65.4 Å². The molecule has 0 amide bonds. The summed E-state index contributed by atoms with van der Waals surface area (Å²) in [4.78, 5) is 0. The SMILES string of the molecule is CC.CC.CC.[Y].[Y].c1ccc2c(c1)[cH-]c1ccccc12. The van der Waals surface area contributed by atoms with Gasteiger partial charge >= 0.3 is 0 Å². The zero-order chi connectivity index (χ0) is 14.7. The van der Waals surface area contributed by atoms with Crippen LogP contribution in [0.2, 0.25) is 0 Å². The fourth-order valence-electron chi connectivity index (χ4n) is 1.90. The van der Waals surface area contributed by atoms with Crippen LogP contribution >= 0.6 is 0 Å². The molecule has 0 fully saturated rings. The van der Waals surface area contributed by atoms with Crippen molar-refractivity contribution in [3.63, 3.8) is 0 Å². The average molecular weight is 433 g/mol. The molecule has 0 bridgehead atoms. The fraction of sp³-hybridized carbons (Fsp3) is 0.316. The summed E-state index contributed by atoms with van der Waals surface area (Å²) in [6.07, 6.45) is 0. The molecule has 0 aliphatic rings. The molecule has 110 valence electrons. The summed E-state index contributed by atoms with van der Waals surface area (Å²) in [5.41, 5.74) is 0.